The van der Waals surface area contributed by atoms with Crippen molar-refractivity contribution in [2.45, 2.75) is 25.7 Å². The van der Waals surface area contributed by atoms with Gasteiger partial charge in [0.15, 0.2) is 5.71 Å². The molecule has 0 atom stereocenters. The summed E-state index contributed by atoms with van der Waals surface area (Å²) in [5, 5.41) is 0. The molecule has 0 aromatic carbocycles. The lowest BCUT2D eigenvalue weighted by atomic mass is 10.3. The van der Waals surface area contributed by atoms with Gasteiger partial charge in [-0.3, -0.25) is 0 Å². The molecule has 1 aliphatic carbocycles. The van der Waals surface area contributed by atoms with Crippen molar-refractivity contribution in [3.63, 3.8) is 0 Å². The predicted octanol–water partition coefficient (Wildman–Crippen LogP) is 1.27. The maximum Gasteiger partial charge on any atom is 0.151 e. The molecule has 0 bridgehead atoms. The molecule has 0 saturated heterocycles. The Hall–Kier alpha value is -0.330. The van der Waals surface area contributed by atoms with Crippen molar-refractivity contribution in [2.24, 2.45) is 0 Å². The summed E-state index contributed by atoms with van der Waals surface area (Å²) < 4.78 is 2.26. The van der Waals surface area contributed by atoms with Crippen LogP contribution in [-0.4, -0.2) is 24.4 Å². The summed E-state index contributed by atoms with van der Waals surface area (Å²) in [4.78, 5) is 0. The Morgan fingerprint density at radius 2 is 1.62 bits per heavy atom. The molecular weight excluding hydrogens is 98.1 g/mol. The van der Waals surface area contributed by atoms with E-state index in [0.29, 0.717) is 0 Å². The Labute approximate surface area is 51.0 Å². The van der Waals surface area contributed by atoms with Crippen LogP contribution in [0.15, 0.2) is 0 Å². The standard InChI is InChI=1S/C7H14N/c1-8(2)7-5-3-4-6-7/h3-6H2,1-2H3/q+1. The van der Waals surface area contributed by atoms with E-state index >= 15 is 0 Å². The first-order valence-corrected chi connectivity index (χ1v) is 3.33. The molecule has 46 valence electrons. The van der Waals surface area contributed by atoms with Gasteiger partial charge in [-0.15, -0.1) is 0 Å². The summed E-state index contributed by atoms with van der Waals surface area (Å²) in [7, 11) is 4.28. The third kappa shape index (κ3) is 1.09. The van der Waals surface area contributed by atoms with Crippen LogP contribution in [0.3, 0.4) is 0 Å². The number of hydrogen-bond donors (Lipinski definition) is 0. The Bertz CT molecular complexity index is 102. The largest absolute Gasteiger partial charge is 0.242 e. The highest BCUT2D eigenvalue weighted by Crippen LogP contribution is 2.13. The Morgan fingerprint density at radius 1 is 1.12 bits per heavy atom. The fourth-order valence-electron chi connectivity index (χ4n) is 1.23. The minimum absolute atomic E-state index is 1.34. The van der Waals surface area contributed by atoms with Gasteiger partial charge in [0.05, 0.1) is 0 Å². The molecule has 0 aliphatic heterocycles. The van der Waals surface area contributed by atoms with E-state index in [1.165, 1.54) is 25.7 Å². The van der Waals surface area contributed by atoms with E-state index in [-0.39, 0.29) is 0 Å². The van der Waals surface area contributed by atoms with Crippen LogP contribution >= 0.6 is 0 Å². The molecule has 0 amide bonds. The Balaban J connectivity index is 2.58. The number of nitrogens with zero attached hydrogens (tertiary/aromatic N) is 1. The third-order valence-corrected chi connectivity index (χ3v) is 1.81. The molecule has 1 saturated carbocycles. The number of rotatable bonds is 0. The first kappa shape index (κ1) is 5.80. The molecular formula is C7H14N+. The van der Waals surface area contributed by atoms with Crippen LogP contribution in [0.5, 0.6) is 0 Å². The minimum Gasteiger partial charge on any atom is -0.242 e. The lowest BCUT2D eigenvalue weighted by Gasteiger charge is -1.89. The van der Waals surface area contributed by atoms with E-state index in [9.17, 15) is 0 Å². The maximum absolute atomic E-state index is 2.26. The zero-order chi connectivity index (χ0) is 5.98. The molecule has 8 heavy (non-hydrogen) atoms. The monoisotopic (exact) mass is 112 g/mol. The van der Waals surface area contributed by atoms with E-state index in [4.69, 9.17) is 0 Å². The van der Waals surface area contributed by atoms with Crippen molar-refractivity contribution in [1.29, 1.82) is 0 Å². The van der Waals surface area contributed by atoms with E-state index < -0.39 is 0 Å². The average molecular weight is 112 g/mol. The summed E-state index contributed by atoms with van der Waals surface area (Å²) in [6, 6.07) is 0. The van der Waals surface area contributed by atoms with Crippen LogP contribution in [0.2, 0.25) is 0 Å². The highest BCUT2D eigenvalue weighted by Gasteiger charge is 2.13. The van der Waals surface area contributed by atoms with E-state index in [2.05, 4.69) is 18.7 Å². The summed E-state index contributed by atoms with van der Waals surface area (Å²) in [5.74, 6) is 0. The molecule has 1 rings (SSSR count). The van der Waals surface area contributed by atoms with Gasteiger partial charge in [0.2, 0.25) is 0 Å². The molecule has 1 nitrogen and oxygen atoms in total. The molecule has 0 radical (unpaired) electrons. The molecule has 1 aliphatic rings. The van der Waals surface area contributed by atoms with Crippen molar-refractivity contribution in [3.05, 3.63) is 0 Å². The second-order valence-electron chi connectivity index (χ2n) is 2.67. The van der Waals surface area contributed by atoms with Gasteiger partial charge >= 0.3 is 0 Å². The van der Waals surface area contributed by atoms with Gasteiger partial charge in [-0.25, -0.2) is 4.58 Å². The topological polar surface area (TPSA) is 3.01 Å². The molecule has 0 N–H and O–H groups in total. The summed E-state index contributed by atoms with van der Waals surface area (Å²) in [6.07, 6.45) is 5.50. The lowest BCUT2D eigenvalue weighted by Crippen LogP contribution is -2.07. The van der Waals surface area contributed by atoms with Crippen LogP contribution in [-0.2, 0) is 0 Å². The van der Waals surface area contributed by atoms with Gasteiger partial charge in [-0.2, -0.15) is 0 Å². The van der Waals surface area contributed by atoms with Crippen LogP contribution < -0.4 is 0 Å². The molecule has 1 heteroatoms. The van der Waals surface area contributed by atoms with Crippen molar-refractivity contribution in [2.75, 3.05) is 14.1 Å². The minimum atomic E-state index is 1.34. The summed E-state index contributed by atoms with van der Waals surface area (Å²) in [5.41, 5.74) is 1.63. The number of hydrogen-bond acceptors (Lipinski definition) is 0. The van der Waals surface area contributed by atoms with Crippen LogP contribution in [0.25, 0.3) is 0 Å². The van der Waals surface area contributed by atoms with Gasteiger partial charge in [-0.1, -0.05) is 0 Å². The van der Waals surface area contributed by atoms with Gasteiger partial charge in [-0.05, 0) is 12.8 Å². The summed E-state index contributed by atoms with van der Waals surface area (Å²) >= 11 is 0. The van der Waals surface area contributed by atoms with Gasteiger partial charge < -0.3 is 0 Å². The Kier molecular flexibility index (Phi) is 1.66. The normalized spacial score (nSPS) is 19.5. The Morgan fingerprint density at radius 3 is 1.88 bits per heavy atom. The van der Waals surface area contributed by atoms with E-state index in [0.717, 1.165) is 0 Å². The smallest absolute Gasteiger partial charge is 0.151 e. The fourth-order valence-corrected chi connectivity index (χ4v) is 1.23. The molecule has 0 aromatic heterocycles. The highest BCUT2D eigenvalue weighted by molar-refractivity contribution is 5.81. The van der Waals surface area contributed by atoms with E-state index in [1.807, 2.05) is 0 Å². The molecule has 0 aromatic rings. The second kappa shape index (κ2) is 2.29. The quantitative estimate of drug-likeness (QED) is 0.415. The fraction of sp³-hybridized carbons (Fsp3) is 0.857. The predicted molar refractivity (Wildman–Crippen MR) is 35.6 cm³/mol. The summed E-state index contributed by atoms with van der Waals surface area (Å²) in [6.45, 7) is 0. The molecule has 1 fully saturated rings. The average Bonchev–Trinajstić information content (AvgIpc) is 2.12. The zero-order valence-corrected chi connectivity index (χ0v) is 5.78. The first-order chi connectivity index (χ1) is 3.80. The van der Waals surface area contributed by atoms with Crippen LogP contribution in [0.1, 0.15) is 25.7 Å². The maximum atomic E-state index is 2.26. The zero-order valence-electron chi connectivity index (χ0n) is 5.78. The molecule has 0 unspecified atom stereocenters. The third-order valence-electron chi connectivity index (χ3n) is 1.81. The van der Waals surface area contributed by atoms with Crippen molar-refractivity contribution in [1.82, 2.24) is 0 Å². The SMILES string of the molecule is C[N+](C)=C1CCCC1. The van der Waals surface area contributed by atoms with Gasteiger partial charge in [0.1, 0.15) is 14.1 Å². The molecule has 0 heterocycles. The van der Waals surface area contributed by atoms with Gasteiger partial charge in [0, 0.05) is 12.8 Å². The second-order valence-corrected chi connectivity index (χ2v) is 2.67. The lowest BCUT2D eigenvalue weighted by molar-refractivity contribution is -0.466. The highest BCUT2D eigenvalue weighted by atomic mass is 14.9. The first-order valence-electron chi connectivity index (χ1n) is 3.33. The van der Waals surface area contributed by atoms with Crippen LogP contribution in [0, 0.1) is 0 Å². The van der Waals surface area contributed by atoms with Crippen molar-refractivity contribution < 1.29 is 4.58 Å². The van der Waals surface area contributed by atoms with Crippen LogP contribution in [0.4, 0.5) is 0 Å². The van der Waals surface area contributed by atoms with Crippen molar-refractivity contribution >= 4 is 5.71 Å². The van der Waals surface area contributed by atoms with Gasteiger partial charge in [0.25, 0.3) is 0 Å². The van der Waals surface area contributed by atoms with Crippen molar-refractivity contribution in [3.8, 4) is 0 Å². The van der Waals surface area contributed by atoms with E-state index in [1.54, 1.807) is 5.71 Å². The molecule has 0 spiro atoms.